The molecule has 0 atom stereocenters. The van der Waals surface area contributed by atoms with Crippen LogP contribution < -0.4 is 4.90 Å². The van der Waals surface area contributed by atoms with E-state index in [4.69, 9.17) is 0 Å². The van der Waals surface area contributed by atoms with E-state index in [0.29, 0.717) is 0 Å². The van der Waals surface area contributed by atoms with Gasteiger partial charge in [0.15, 0.2) is 0 Å². The van der Waals surface area contributed by atoms with Crippen LogP contribution >= 0.6 is 0 Å². The van der Waals surface area contributed by atoms with Gasteiger partial charge in [0.25, 0.3) is 0 Å². The summed E-state index contributed by atoms with van der Waals surface area (Å²) >= 11 is 0. The number of anilines is 2. The van der Waals surface area contributed by atoms with E-state index in [2.05, 4.69) is 85.3 Å². The molecule has 1 nitrogen and oxygen atoms in total. The fourth-order valence-electron chi connectivity index (χ4n) is 2.61. The molecule has 0 aliphatic heterocycles. The Hall–Kier alpha value is -2.80. The van der Waals surface area contributed by atoms with Crippen molar-refractivity contribution in [2.75, 3.05) is 11.9 Å². The zero-order valence-electron chi connectivity index (χ0n) is 12.7. The van der Waals surface area contributed by atoms with E-state index >= 15 is 0 Å². The van der Waals surface area contributed by atoms with Crippen molar-refractivity contribution in [2.24, 2.45) is 0 Å². The zero-order chi connectivity index (χ0) is 15.4. The molecule has 1 heteroatoms. The molecule has 0 amide bonds. The van der Waals surface area contributed by atoms with Crippen molar-refractivity contribution < 1.29 is 0 Å². The maximum Gasteiger partial charge on any atom is 0.0488 e. The predicted octanol–water partition coefficient (Wildman–Crippen LogP) is 5.76. The van der Waals surface area contributed by atoms with Gasteiger partial charge in [0.1, 0.15) is 0 Å². The van der Waals surface area contributed by atoms with Gasteiger partial charge in [-0.2, -0.15) is 0 Å². The minimum atomic E-state index is 1.13. The molecule has 3 aromatic rings. The van der Waals surface area contributed by atoms with Crippen molar-refractivity contribution in [1.29, 1.82) is 0 Å². The number of benzene rings is 3. The normalized spacial score (nSPS) is 10.2. The van der Waals surface area contributed by atoms with Crippen LogP contribution in [0.15, 0.2) is 85.4 Å². The smallest absolute Gasteiger partial charge is 0.0488 e. The second-order valence-corrected chi connectivity index (χ2v) is 5.24. The first-order valence-electron chi connectivity index (χ1n) is 7.40. The van der Waals surface area contributed by atoms with Gasteiger partial charge in [-0.1, -0.05) is 67.3 Å². The summed E-state index contributed by atoms with van der Waals surface area (Å²) in [5.41, 5.74) is 5.91. The van der Waals surface area contributed by atoms with Crippen LogP contribution in [0.3, 0.4) is 0 Å². The first-order valence-corrected chi connectivity index (χ1v) is 7.40. The molecule has 0 radical (unpaired) electrons. The van der Waals surface area contributed by atoms with E-state index in [9.17, 15) is 0 Å². The zero-order valence-corrected chi connectivity index (χ0v) is 12.7. The second kappa shape index (κ2) is 6.31. The summed E-state index contributed by atoms with van der Waals surface area (Å²) < 4.78 is 0. The lowest BCUT2D eigenvalue weighted by Crippen LogP contribution is -2.10. The summed E-state index contributed by atoms with van der Waals surface area (Å²) in [6.45, 7) is 3.88. The van der Waals surface area contributed by atoms with Gasteiger partial charge in [-0.15, -0.1) is 0 Å². The molecule has 0 bridgehead atoms. The Bertz CT molecular complexity index is 760. The number of hydrogen-bond acceptors (Lipinski definition) is 1. The monoisotopic (exact) mass is 285 g/mol. The highest BCUT2D eigenvalue weighted by atomic mass is 15.1. The van der Waals surface area contributed by atoms with Gasteiger partial charge in [0.2, 0.25) is 0 Å². The standard InChI is InChI=1S/C21H19N/c1-3-17-14-15-21(22(2)19-12-8-5-9-13-19)20(16-17)18-10-6-4-7-11-18/h3-16H,1H2,2H3. The van der Waals surface area contributed by atoms with Crippen LogP contribution in [0.2, 0.25) is 0 Å². The SMILES string of the molecule is C=Cc1ccc(N(C)c2ccccc2)c(-c2ccccc2)c1. The van der Waals surface area contributed by atoms with E-state index in [0.717, 1.165) is 5.56 Å². The van der Waals surface area contributed by atoms with Crippen molar-refractivity contribution in [3.63, 3.8) is 0 Å². The van der Waals surface area contributed by atoms with E-state index in [1.165, 1.54) is 22.5 Å². The molecule has 22 heavy (non-hydrogen) atoms. The predicted molar refractivity (Wildman–Crippen MR) is 96.5 cm³/mol. The Labute approximate surface area is 132 Å². The van der Waals surface area contributed by atoms with Crippen molar-refractivity contribution in [2.45, 2.75) is 0 Å². The van der Waals surface area contributed by atoms with Crippen LogP contribution in [0.25, 0.3) is 17.2 Å². The number of para-hydroxylation sites is 1. The third kappa shape index (κ3) is 2.79. The van der Waals surface area contributed by atoms with E-state index in [1.807, 2.05) is 18.2 Å². The summed E-state index contributed by atoms with van der Waals surface area (Å²) in [7, 11) is 2.10. The van der Waals surface area contributed by atoms with E-state index in [1.54, 1.807) is 0 Å². The van der Waals surface area contributed by atoms with Crippen LogP contribution in [-0.2, 0) is 0 Å². The summed E-state index contributed by atoms with van der Waals surface area (Å²) in [4.78, 5) is 2.22. The topological polar surface area (TPSA) is 3.24 Å². The number of rotatable bonds is 4. The summed E-state index contributed by atoms with van der Waals surface area (Å²) in [6.07, 6.45) is 1.89. The van der Waals surface area contributed by atoms with Crippen molar-refractivity contribution in [1.82, 2.24) is 0 Å². The Morgan fingerprint density at radius 3 is 2.09 bits per heavy atom. The average molecular weight is 285 g/mol. The minimum Gasteiger partial charge on any atom is -0.344 e. The van der Waals surface area contributed by atoms with Crippen molar-refractivity contribution >= 4 is 17.5 Å². The molecule has 3 rings (SSSR count). The van der Waals surface area contributed by atoms with Crippen LogP contribution in [-0.4, -0.2) is 7.05 Å². The molecule has 0 saturated heterocycles. The molecular formula is C21H19N. The quantitative estimate of drug-likeness (QED) is 0.588. The largest absolute Gasteiger partial charge is 0.344 e. The molecule has 0 saturated carbocycles. The van der Waals surface area contributed by atoms with Gasteiger partial charge < -0.3 is 4.90 Å². The van der Waals surface area contributed by atoms with Gasteiger partial charge in [0, 0.05) is 24.0 Å². The third-order valence-electron chi connectivity index (χ3n) is 3.85. The average Bonchev–Trinajstić information content (AvgIpc) is 2.62. The molecule has 0 unspecified atom stereocenters. The van der Waals surface area contributed by atoms with Crippen molar-refractivity contribution in [3.8, 4) is 11.1 Å². The van der Waals surface area contributed by atoms with Gasteiger partial charge in [-0.3, -0.25) is 0 Å². The Kier molecular flexibility index (Phi) is 4.06. The van der Waals surface area contributed by atoms with Crippen LogP contribution in [0.4, 0.5) is 11.4 Å². The van der Waals surface area contributed by atoms with Crippen molar-refractivity contribution in [3.05, 3.63) is 91.0 Å². The van der Waals surface area contributed by atoms with Gasteiger partial charge >= 0.3 is 0 Å². The summed E-state index contributed by atoms with van der Waals surface area (Å²) in [6, 6.07) is 27.3. The minimum absolute atomic E-state index is 1.13. The lowest BCUT2D eigenvalue weighted by atomic mass is 10.00. The number of hydrogen-bond donors (Lipinski definition) is 0. The fraction of sp³-hybridized carbons (Fsp3) is 0.0476. The van der Waals surface area contributed by atoms with Gasteiger partial charge in [0.05, 0.1) is 0 Å². The summed E-state index contributed by atoms with van der Waals surface area (Å²) in [5, 5.41) is 0. The summed E-state index contributed by atoms with van der Waals surface area (Å²) in [5.74, 6) is 0. The van der Waals surface area contributed by atoms with E-state index in [-0.39, 0.29) is 0 Å². The lowest BCUT2D eigenvalue weighted by Gasteiger charge is -2.23. The molecule has 0 fully saturated rings. The van der Waals surface area contributed by atoms with E-state index < -0.39 is 0 Å². The molecule has 0 aromatic heterocycles. The Morgan fingerprint density at radius 2 is 1.45 bits per heavy atom. The highest BCUT2D eigenvalue weighted by Gasteiger charge is 2.11. The Balaban J connectivity index is 2.13. The molecule has 0 heterocycles. The molecule has 0 N–H and O–H groups in total. The fourth-order valence-corrected chi connectivity index (χ4v) is 2.61. The highest BCUT2D eigenvalue weighted by Crippen LogP contribution is 2.35. The first kappa shape index (κ1) is 14.2. The maximum absolute atomic E-state index is 3.88. The first-order chi connectivity index (χ1) is 10.8. The van der Waals surface area contributed by atoms with Crippen LogP contribution in [0.1, 0.15) is 5.56 Å². The maximum atomic E-state index is 3.88. The van der Waals surface area contributed by atoms with Crippen LogP contribution in [0.5, 0.6) is 0 Å². The molecule has 108 valence electrons. The molecule has 0 spiro atoms. The second-order valence-electron chi connectivity index (χ2n) is 5.24. The highest BCUT2D eigenvalue weighted by molar-refractivity contribution is 5.83. The van der Waals surface area contributed by atoms with Gasteiger partial charge in [-0.25, -0.2) is 0 Å². The Morgan fingerprint density at radius 1 is 0.818 bits per heavy atom. The molecule has 0 aliphatic carbocycles. The van der Waals surface area contributed by atoms with Gasteiger partial charge in [-0.05, 0) is 35.4 Å². The number of nitrogens with zero attached hydrogens (tertiary/aromatic N) is 1. The van der Waals surface area contributed by atoms with Crippen LogP contribution in [0, 0.1) is 0 Å². The molecular weight excluding hydrogens is 266 g/mol. The molecule has 3 aromatic carbocycles. The lowest BCUT2D eigenvalue weighted by molar-refractivity contribution is 1.21. The molecule has 0 aliphatic rings. The third-order valence-corrected chi connectivity index (χ3v) is 3.85.